The largest absolute Gasteiger partial charge is 0.481 e. The smallest absolute Gasteiger partial charge is 0.303 e. The summed E-state index contributed by atoms with van der Waals surface area (Å²) in [4.78, 5) is 13.2. The van der Waals surface area contributed by atoms with Crippen LogP contribution in [0, 0.1) is 5.41 Å². The van der Waals surface area contributed by atoms with Crippen molar-refractivity contribution >= 4 is 5.97 Å². The molecule has 1 heterocycles. The first kappa shape index (κ1) is 12.5. The number of piperidine rings is 1. The quantitative estimate of drug-likeness (QED) is 0.765. The third-order valence-corrected chi connectivity index (χ3v) is 3.31. The molecular weight excluding hydrogens is 190 g/mol. The molecule has 15 heavy (non-hydrogen) atoms. The van der Waals surface area contributed by atoms with Crippen LogP contribution in [0.25, 0.3) is 0 Å². The first-order chi connectivity index (χ1) is 6.73. The van der Waals surface area contributed by atoms with Gasteiger partial charge in [-0.3, -0.25) is 9.69 Å². The maximum absolute atomic E-state index is 10.8. The SMILES string of the molecule is CC1(CC(=O)O)CCCN(C(C)(C)C)C1. The highest BCUT2D eigenvalue weighted by Gasteiger charge is 2.36. The number of likely N-dealkylation sites (tertiary alicyclic amines) is 1. The van der Waals surface area contributed by atoms with Gasteiger partial charge >= 0.3 is 5.97 Å². The molecule has 3 nitrogen and oxygen atoms in total. The van der Waals surface area contributed by atoms with Crippen LogP contribution in [0.5, 0.6) is 0 Å². The Bertz CT molecular complexity index is 244. The molecule has 0 radical (unpaired) electrons. The Kier molecular flexibility index (Phi) is 3.44. The van der Waals surface area contributed by atoms with Gasteiger partial charge in [0.25, 0.3) is 0 Å². The highest BCUT2D eigenvalue weighted by molar-refractivity contribution is 5.67. The van der Waals surface area contributed by atoms with Gasteiger partial charge in [0.15, 0.2) is 0 Å². The lowest BCUT2D eigenvalue weighted by molar-refractivity contribution is -0.140. The van der Waals surface area contributed by atoms with E-state index in [0.29, 0.717) is 6.42 Å². The van der Waals surface area contributed by atoms with E-state index in [2.05, 4.69) is 32.6 Å². The van der Waals surface area contributed by atoms with Crippen LogP contribution >= 0.6 is 0 Å². The molecule has 0 amide bonds. The number of carboxylic acids is 1. The molecule has 1 aliphatic heterocycles. The van der Waals surface area contributed by atoms with Crippen molar-refractivity contribution < 1.29 is 9.90 Å². The summed E-state index contributed by atoms with van der Waals surface area (Å²) in [6.45, 7) is 10.7. The number of rotatable bonds is 2. The Labute approximate surface area is 92.5 Å². The Morgan fingerprint density at radius 1 is 1.47 bits per heavy atom. The van der Waals surface area contributed by atoms with Gasteiger partial charge in [-0.25, -0.2) is 0 Å². The van der Waals surface area contributed by atoms with Gasteiger partial charge in [-0.1, -0.05) is 6.92 Å². The molecule has 0 bridgehead atoms. The van der Waals surface area contributed by atoms with Crippen LogP contribution in [-0.4, -0.2) is 34.6 Å². The van der Waals surface area contributed by atoms with Gasteiger partial charge in [0.2, 0.25) is 0 Å². The summed E-state index contributed by atoms with van der Waals surface area (Å²) in [6.07, 6.45) is 2.44. The molecule has 0 aromatic rings. The predicted molar refractivity (Wildman–Crippen MR) is 60.9 cm³/mol. The van der Waals surface area contributed by atoms with Gasteiger partial charge in [0.1, 0.15) is 0 Å². The highest BCUT2D eigenvalue weighted by atomic mass is 16.4. The third kappa shape index (κ3) is 3.49. The van der Waals surface area contributed by atoms with Gasteiger partial charge in [-0.15, -0.1) is 0 Å². The topological polar surface area (TPSA) is 40.5 Å². The minimum absolute atomic E-state index is 0.0443. The Hall–Kier alpha value is -0.570. The van der Waals surface area contributed by atoms with Crippen LogP contribution in [0.1, 0.15) is 47.0 Å². The van der Waals surface area contributed by atoms with E-state index in [1.807, 2.05) is 0 Å². The van der Waals surface area contributed by atoms with Crippen molar-refractivity contribution in [2.24, 2.45) is 5.41 Å². The maximum atomic E-state index is 10.8. The Balaban J connectivity index is 2.66. The molecule has 3 heteroatoms. The lowest BCUT2D eigenvalue weighted by Gasteiger charge is -2.46. The summed E-state index contributed by atoms with van der Waals surface area (Å²) >= 11 is 0. The molecule has 1 unspecified atom stereocenters. The second-order valence-electron chi connectivity index (χ2n) is 6.08. The number of carbonyl (C=O) groups is 1. The van der Waals surface area contributed by atoms with E-state index in [-0.39, 0.29) is 11.0 Å². The molecule has 1 fully saturated rings. The van der Waals surface area contributed by atoms with Crippen molar-refractivity contribution in [2.45, 2.75) is 52.5 Å². The van der Waals surface area contributed by atoms with Gasteiger partial charge in [0, 0.05) is 12.1 Å². The summed E-state index contributed by atoms with van der Waals surface area (Å²) in [5.41, 5.74) is 0.109. The number of hydrogen-bond acceptors (Lipinski definition) is 2. The average Bonchev–Trinajstić information content (AvgIpc) is 1.99. The van der Waals surface area contributed by atoms with Crippen molar-refractivity contribution in [1.82, 2.24) is 4.90 Å². The zero-order valence-electron chi connectivity index (χ0n) is 10.3. The molecule has 1 N–H and O–H groups in total. The standard InChI is InChI=1S/C12H23NO2/c1-11(2,3)13-7-5-6-12(4,9-13)8-10(14)15/h5-9H2,1-4H3,(H,14,15). The second-order valence-corrected chi connectivity index (χ2v) is 6.08. The molecule has 1 rings (SSSR count). The van der Waals surface area contributed by atoms with Gasteiger partial charge in [0.05, 0.1) is 6.42 Å². The van der Waals surface area contributed by atoms with Crippen LogP contribution in [-0.2, 0) is 4.79 Å². The van der Waals surface area contributed by atoms with Crippen molar-refractivity contribution in [3.8, 4) is 0 Å². The Morgan fingerprint density at radius 3 is 2.53 bits per heavy atom. The summed E-state index contributed by atoms with van der Waals surface area (Å²) < 4.78 is 0. The van der Waals surface area contributed by atoms with Crippen LogP contribution in [0.4, 0.5) is 0 Å². The van der Waals surface area contributed by atoms with E-state index in [0.717, 1.165) is 25.9 Å². The lowest BCUT2D eigenvalue weighted by atomic mass is 9.78. The van der Waals surface area contributed by atoms with Crippen LogP contribution in [0.3, 0.4) is 0 Å². The van der Waals surface area contributed by atoms with Gasteiger partial charge in [-0.2, -0.15) is 0 Å². The van der Waals surface area contributed by atoms with Crippen LogP contribution in [0.2, 0.25) is 0 Å². The van der Waals surface area contributed by atoms with Gasteiger partial charge in [-0.05, 0) is 45.6 Å². The fourth-order valence-corrected chi connectivity index (χ4v) is 2.40. The fourth-order valence-electron chi connectivity index (χ4n) is 2.40. The molecule has 0 spiro atoms. The molecule has 1 saturated heterocycles. The number of carboxylic acid groups (broad SMARTS) is 1. The average molecular weight is 213 g/mol. The van der Waals surface area contributed by atoms with E-state index >= 15 is 0 Å². The normalized spacial score (nSPS) is 29.1. The first-order valence-corrected chi connectivity index (χ1v) is 5.70. The molecule has 0 aromatic heterocycles. The van der Waals surface area contributed by atoms with Gasteiger partial charge < -0.3 is 5.11 Å². The molecule has 0 aromatic carbocycles. The van der Waals surface area contributed by atoms with Crippen molar-refractivity contribution in [3.63, 3.8) is 0 Å². The Morgan fingerprint density at radius 2 is 2.07 bits per heavy atom. The fraction of sp³-hybridized carbons (Fsp3) is 0.917. The zero-order chi connectivity index (χ0) is 11.7. The minimum Gasteiger partial charge on any atom is -0.481 e. The summed E-state index contributed by atoms with van der Waals surface area (Å²) in [7, 11) is 0. The monoisotopic (exact) mass is 213 g/mol. The lowest BCUT2D eigenvalue weighted by Crippen LogP contribution is -2.51. The van der Waals surface area contributed by atoms with Crippen LogP contribution in [0.15, 0.2) is 0 Å². The van der Waals surface area contributed by atoms with E-state index in [1.165, 1.54) is 0 Å². The molecular formula is C12H23NO2. The summed E-state index contributed by atoms with van der Waals surface area (Å²) in [5.74, 6) is -0.673. The van der Waals surface area contributed by atoms with E-state index in [1.54, 1.807) is 0 Å². The highest BCUT2D eigenvalue weighted by Crippen LogP contribution is 2.35. The number of nitrogens with zero attached hydrogens (tertiary/aromatic N) is 1. The van der Waals surface area contributed by atoms with E-state index in [9.17, 15) is 4.79 Å². The molecule has 1 atom stereocenters. The van der Waals surface area contributed by atoms with E-state index in [4.69, 9.17) is 5.11 Å². The van der Waals surface area contributed by atoms with Crippen LogP contribution < -0.4 is 0 Å². The first-order valence-electron chi connectivity index (χ1n) is 5.70. The molecule has 0 aliphatic carbocycles. The minimum atomic E-state index is -0.673. The predicted octanol–water partition coefficient (Wildman–Crippen LogP) is 2.36. The van der Waals surface area contributed by atoms with Crippen molar-refractivity contribution in [1.29, 1.82) is 0 Å². The van der Waals surface area contributed by atoms with Crippen molar-refractivity contribution in [3.05, 3.63) is 0 Å². The molecule has 1 aliphatic rings. The molecule has 88 valence electrons. The third-order valence-electron chi connectivity index (χ3n) is 3.31. The van der Waals surface area contributed by atoms with Crippen molar-refractivity contribution in [2.75, 3.05) is 13.1 Å². The second kappa shape index (κ2) is 4.12. The number of aliphatic carboxylic acids is 1. The number of hydrogen-bond donors (Lipinski definition) is 1. The zero-order valence-corrected chi connectivity index (χ0v) is 10.3. The summed E-state index contributed by atoms with van der Waals surface area (Å²) in [6, 6.07) is 0. The maximum Gasteiger partial charge on any atom is 0.303 e. The summed E-state index contributed by atoms with van der Waals surface area (Å²) in [5, 5.41) is 8.90. The molecule has 0 saturated carbocycles. The van der Waals surface area contributed by atoms with E-state index < -0.39 is 5.97 Å².